The Labute approximate surface area is 117 Å². The average molecular weight is 314 g/mol. The van der Waals surface area contributed by atoms with Crippen LogP contribution in [-0.2, 0) is 4.74 Å². The van der Waals surface area contributed by atoms with Crippen LogP contribution < -0.4 is 5.32 Å². The summed E-state index contributed by atoms with van der Waals surface area (Å²) in [4.78, 5) is 0. The summed E-state index contributed by atoms with van der Waals surface area (Å²) in [6.07, 6.45) is 2.10. The highest BCUT2D eigenvalue weighted by Gasteiger charge is 2.21. The molecule has 0 bridgehead atoms. The molecule has 0 saturated heterocycles. The number of benzene rings is 1. The molecular formula is C14H20BrNO2. The van der Waals surface area contributed by atoms with Crippen molar-refractivity contribution in [3.8, 4) is 0 Å². The molecule has 1 aromatic rings. The third-order valence-corrected chi connectivity index (χ3v) is 3.67. The first-order valence-electron chi connectivity index (χ1n) is 6.41. The predicted molar refractivity (Wildman–Crippen MR) is 76.9 cm³/mol. The van der Waals surface area contributed by atoms with Gasteiger partial charge >= 0.3 is 0 Å². The number of halogens is 1. The van der Waals surface area contributed by atoms with Crippen LogP contribution in [0.4, 0.5) is 5.69 Å². The van der Waals surface area contributed by atoms with Crippen LogP contribution in [0.2, 0.25) is 0 Å². The molecule has 1 aromatic carbocycles. The number of aliphatic hydroxyl groups is 1. The van der Waals surface area contributed by atoms with Gasteiger partial charge in [-0.15, -0.1) is 0 Å². The monoisotopic (exact) mass is 313 g/mol. The van der Waals surface area contributed by atoms with Crippen molar-refractivity contribution in [2.75, 3.05) is 25.1 Å². The van der Waals surface area contributed by atoms with E-state index in [1.165, 1.54) is 18.4 Å². The van der Waals surface area contributed by atoms with E-state index in [9.17, 15) is 5.11 Å². The molecule has 0 aromatic heterocycles. The molecule has 1 aliphatic carbocycles. The lowest BCUT2D eigenvalue weighted by molar-refractivity contribution is 0.0386. The summed E-state index contributed by atoms with van der Waals surface area (Å²) in [6, 6.07) is 6.11. The van der Waals surface area contributed by atoms with Crippen LogP contribution in [0.25, 0.3) is 0 Å². The van der Waals surface area contributed by atoms with Gasteiger partial charge in [0.1, 0.15) is 0 Å². The van der Waals surface area contributed by atoms with Gasteiger partial charge in [-0.2, -0.15) is 0 Å². The molecule has 0 radical (unpaired) electrons. The number of aryl methyl sites for hydroxylation is 1. The van der Waals surface area contributed by atoms with Crippen molar-refractivity contribution < 1.29 is 9.84 Å². The molecule has 1 atom stereocenters. The first-order chi connectivity index (χ1) is 8.65. The maximum atomic E-state index is 9.79. The normalized spacial score (nSPS) is 16.6. The lowest BCUT2D eigenvalue weighted by Gasteiger charge is -2.14. The highest BCUT2D eigenvalue weighted by Crippen LogP contribution is 2.28. The SMILES string of the molecule is Cc1ccc(NCC(O)COCC2CC2)c(Br)c1. The Morgan fingerprint density at radius 1 is 1.50 bits per heavy atom. The second-order valence-corrected chi connectivity index (χ2v) is 5.85. The number of anilines is 1. The molecule has 1 unspecified atom stereocenters. The third-order valence-electron chi connectivity index (χ3n) is 3.01. The Balaban J connectivity index is 1.68. The maximum Gasteiger partial charge on any atom is 0.0945 e. The van der Waals surface area contributed by atoms with Crippen molar-refractivity contribution in [1.82, 2.24) is 0 Å². The van der Waals surface area contributed by atoms with E-state index in [1.807, 2.05) is 12.1 Å². The molecule has 0 amide bonds. The molecule has 0 spiro atoms. The van der Waals surface area contributed by atoms with Gasteiger partial charge in [-0.05, 0) is 59.3 Å². The van der Waals surface area contributed by atoms with Crippen LogP contribution in [0, 0.1) is 12.8 Å². The standard InChI is InChI=1S/C14H20BrNO2/c1-10-2-5-14(13(15)6-10)16-7-12(17)9-18-8-11-3-4-11/h2,5-6,11-12,16-17H,3-4,7-9H2,1H3. The van der Waals surface area contributed by atoms with Gasteiger partial charge in [0.2, 0.25) is 0 Å². The molecule has 1 saturated carbocycles. The van der Waals surface area contributed by atoms with Crippen molar-refractivity contribution >= 4 is 21.6 Å². The lowest BCUT2D eigenvalue weighted by Crippen LogP contribution is -2.25. The van der Waals surface area contributed by atoms with E-state index >= 15 is 0 Å². The van der Waals surface area contributed by atoms with Gasteiger partial charge < -0.3 is 15.2 Å². The van der Waals surface area contributed by atoms with Gasteiger partial charge in [0.15, 0.2) is 0 Å². The number of aliphatic hydroxyl groups excluding tert-OH is 1. The molecule has 1 fully saturated rings. The summed E-state index contributed by atoms with van der Waals surface area (Å²) < 4.78 is 6.48. The molecule has 18 heavy (non-hydrogen) atoms. The van der Waals surface area contributed by atoms with Crippen LogP contribution in [0.3, 0.4) is 0 Å². The molecule has 3 nitrogen and oxygen atoms in total. The van der Waals surface area contributed by atoms with Gasteiger partial charge in [-0.25, -0.2) is 0 Å². The number of rotatable bonds is 7. The minimum absolute atomic E-state index is 0.410. The minimum Gasteiger partial charge on any atom is -0.389 e. The first-order valence-corrected chi connectivity index (χ1v) is 7.20. The predicted octanol–water partition coefficient (Wildman–Crippen LogP) is 2.96. The van der Waals surface area contributed by atoms with E-state index in [1.54, 1.807) is 0 Å². The Bertz CT molecular complexity index is 393. The largest absolute Gasteiger partial charge is 0.389 e. The first kappa shape index (κ1) is 13.8. The molecular weight excluding hydrogens is 294 g/mol. The summed E-state index contributed by atoms with van der Waals surface area (Å²) in [5, 5.41) is 13.0. The summed E-state index contributed by atoms with van der Waals surface area (Å²) >= 11 is 3.50. The van der Waals surface area contributed by atoms with Crippen molar-refractivity contribution in [3.05, 3.63) is 28.2 Å². The number of nitrogens with one attached hydrogen (secondary N) is 1. The zero-order valence-electron chi connectivity index (χ0n) is 10.7. The van der Waals surface area contributed by atoms with Crippen LogP contribution >= 0.6 is 15.9 Å². The van der Waals surface area contributed by atoms with Crippen molar-refractivity contribution in [2.45, 2.75) is 25.9 Å². The van der Waals surface area contributed by atoms with E-state index < -0.39 is 6.10 Å². The number of ether oxygens (including phenoxy) is 1. The van der Waals surface area contributed by atoms with E-state index in [-0.39, 0.29) is 0 Å². The summed E-state index contributed by atoms with van der Waals surface area (Å²) in [5.41, 5.74) is 2.21. The summed E-state index contributed by atoms with van der Waals surface area (Å²) in [5.74, 6) is 0.747. The molecule has 0 aliphatic heterocycles. The van der Waals surface area contributed by atoms with Gasteiger partial charge in [-0.3, -0.25) is 0 Å². The Morgan fingerprint density at radius 2 is 2.28 bits per heavy atom. The van der Waals surface area contributed by atoms with Crippen LogP contribution in [-0.4, -0.2) is 31.0 Å². The molecule has 100 valence electrons. The molecule has 2 N–H and O–H groups in total. The second kappa shape index (κ2) is 6.55. The highest BCUT2D eigenvalue weighted by atomic mass is 79.9. The van der Waals surface area contributed by atoms with Gasteiger partial charge in [0.05, 0.1) is 12.7 Å². The number of hydrogen-bond donors (Lipinski definition) is 2. The molecule has 0 heterocycles. The molecule has 4 heteroatoms. The van der Waals surface area contributed by atoms with E-state index in [0.29, 0.717) is 13.2 Å². The quantitative estimate of drug-likeness (QED) is 0.813. The Hall–Kier alpha value is -0.580. The fourth-order valence-corrected chi connectivity index (χ4v) is 2.34. The van der Waals surface area contributed by atoms with Gasteiger partial charge in [-0.1, -0.05) is 6.07 Å². The van der Waals surface area contributed by atoms with Crippen LogP contribution in [0.15, 0.2) is 22.7 Å². The summed E-state index contributed by atoms with van der Waals surface area (Å²) in [7, 11) is 0. The Kier molecular flexibility index (Phi) is 5.03. The average Bonchev–Trinajstić information content (AvgIpc) is 3.12. The zero-order valence-corrected chi connectivity index (χ0v) is 12.2. The topological polar surface area (TPSA) is 41.5 Å². The van der Waals surface area contributed by atoms with Gasteiger partial charge in [0, 0.05) is 23.3 Å². The fourth-order valence-electron chi connectivity index (χ4n) is 1.71. The van der Waals surface area contributed by atoms with Crippen molar-refractivity contribution in [2.24, 2.45) is 5.92 Å². The maximum absolute atomic E-state index is 9.79. The van der Waals surface area contributed by atoms with E-state index in [0.717, 1.165) is 22.7 Å². The molecule has 2 rings (SSSR count). The third kappa shape index (κ3) is 4.59. The smallest absolute Gasteiger partial charge is 0.0945 e. The Morgan fingerprint density at radius 3 is 2.94 bits per heavy atom. The van der Waals surface area contributed by atoms with Crippen molar-refractivity contribution in [1.29, 1.82) is 0 Å². The zero-order chi connectivity index (χ0) is 13.0. The van der Waals surface area contributed by atoms with Crippen LogP contribution in [0.1, 0.15) is 18.4 Å². The highest BCUT2D eigenvalue weighted by molar-refractivity contribution is 9.10. The lowest BCUT2D eigenvalue weighted by atomic mass is 10.2. The van der Waals surface area contributed by atoms with Gasteiger partial charge in [0.25, 0.3) is 0 Å². The fraction of sp³-hybridized carbons (Fsp3) is 0.571. The van der Waals surface area contributed by atoms with E-state index in [4.69, 9.17) is 4.74 Å². The second-order valence-electron chi connectivity index (χ2n) is 5.00. The number of hydrogen-bond acceptors (Lipinski definition) is 3. The van der Waals surface area contributed by atoms with E-state index in [2.05, 4.69) is 34.2 Å². The minimum atomic E-state index is -0.461. The molecule has 1 aliphatic rings. The van der Waals surface area contributed by atoms with Crippen molar-refractivity contribution in [3.63, 3.8) is 0 Å². The van der Waals surface area contributed by atoms with Crippen LogP contribution in [0.5, 0.6) is 0 Å². The summed E-state index contributed by atoms with van der Waals surface area (Å²) in [6.45, 7) is 3.76.